The Hall–Kier alpha value is -1.94. The zero-order valence-electron chi connectivity index (χ0n) is 12.6. The second kappa shape index (κ2) is 6.89. The number of anilines is 1. The fourth-order valence-electron chi connectivity index (χ4n) is 2.26. The van der Waals surface area contributed by atoms with Gasteiger partial charge in [0.05, 0.1) is 15.6 Å². The van der Waals surface area contributed by atoms with E-state index < -0.39 is 0 Å². The molecule has 0 saturated carbocycles. The first kappa shape index (κ1) is 16.9. The molecular weight excluding hydrogens is 369 g/mol. The Labute approximate surface area is 154 Å². The van der Waals surface area contributed by atoms with Crippen LogP contribution in [-0.2, 0) is 0 Å². The standard InChI is InChI=1S/C18H12Cl3NO2/c1-10-14(18(23)22-13-4-2-3-12(19)8-13)9-17(24-10)11-5-6-15(20)16(21)7-11/h2-9H,1H3,(H,22,23). The Morgan fingerprint density at radius 2 is 1.79 bits per heavy atom. The number of benzene rings is 2. The van der Waals surface area contributed by atoms with Crippen LogP contribution in [0, 0.1) is 6.92 Å². The number of carbonyl (C=O) groups is 1. The second-order valence-corrected chi connectivity index (χ2v) is 6.42. The molecule has 6 heteroatoms. The van der Waals surface area contributed by atoms with E-state index in [9.17, 15) is 4.79 Å². The quantitative estimate of drug-likeness (QED) is 0.566. The smallest absolute Gasteiger partial charge is 0.259 e. The summed E-state index contributed by atoms with van der Waals surface area (Å²) in [7, 11) is 0. The summed E-state index contributed by atoms with van der Waals surface area (Å²) in [6.45, 7) is 1.73. The lowest BCUT2D eigenvalue weighted by Gasteiger charge is -2.04. The maximum absolute atomic E-state index is 12.5. The number of halogens is 3. The molecule has 0 radical (unpaired) electrons. The highest BCUT2D eigenvalue weighted by Gasteiger charge is 2.17. The monoisotopic (exact) mass is 379 g/mol. The molecular formula is C18H12Cl3NO2. The van der Waals surface area contributed by atoms with Crippen LogP contribution >= 0.6 is 34.8 Å². The van der Waals surface area contributed by atoms with Gasteiger partial charge < -0.3 is 9.73 Å². The highest BCUT2D eigenvalue weighted by atomic mass is 35.5. The van der Waals surface area contributed by atoms with Gasteiger partial charge in [0.1, 0.15) is 11.5 Å². The summed E-state index contributed by atoms with van der Waals surface area (Å²) in [5, 5.41) is 4.23. The molecule has 0 saturated heterocycles. The van der Waals surface area contributed by atoms with E-state index >= 15 is 0 Å². The van der Waals surface area contributed by atoms with E-state index in [-0.39, 0.29) is 5.91 Å². The van der Waals surface area contributed by atoms with E-state index in [2.05, 4.69) is 5.32 Å². The molecule has 0 bridgehead atoms. The lowest BCUT2D eigenvalue weighted by molar-refractivity contribution is 0.102. The first-order valence-electron chi connectivity index (χ1n) is 7.07. The van der Waals surface area contributed by atoms with Crippen LogP contribution in [0.3, 0.4) is 0 Å². The molecule has 1 heterocycles. The van der Waals surface area contributed by atoms with Crippen LogP contribution < -0.4 is 5.32 Å². The second-order valence-electron chi connectivity index (χ2n) is 5.17. The summed E-state index contributed by atoms with van der Waals surface area (Å²) in [4.78, 5) is 12.5. The van der Waals surface area contributed by atoms with Gasteiger partial charge in [-0.25, -0.2) is 0 Å². The van der Waals surface area contributed by atoms with Crippen molar-refractivity contribution in [2.24, 2.45) is 0 Å². The fraction of sp³-hybridized carbons (Fsp3) is 0.0556. The van der Waals surface area contributed by atoms with Crippen molar-refractivity contribution in [1.29, 1.82) is 0 Å². The zero-order valence-corrected chi connectivity index (χ0v) is 14.8. The number of aryl methyl sites for hydroxylation is 1. The molecule has 0 spiro atoms. The van der Waals surface area contributed by atoms with Gasteiger partial charge in [-0.15, -0.1) is 0 Å². The molecule has 1 N–H and O–H groups in total. The van der Waals surface area contributed by atoms with Gasteiger partial charge in [0.2, 0.25) is 0 Å². The topological polar surface area (TPSA) is 42.2 Å². The van der Waals surface area contributed by atoms with E-state index in [0.717, 1.165) is 5.56 Å². The van der Waals surface area contributed by atoms with Crippen LogP contribution in [0.5, 0.6) is 0 Å². The largest absolute Gasteiger partial charge is 0.461 e. The fourth-order valence-corrected chi connectivity index (χ4v) is 2.75. The Bertz CT molecular complexity index is 918. The normalized spacial score (nSPS) is 10.7. The molecule has 122 valence electrons. The van der Waals surface area contributed by atoms with Gasteiger partial charge in [-0.3, -0.25) is 4.79 Å². The molecule has 1 aromatic heterocycles. The summed E-state index contributed by atoms with van der Waals surface area (Å²) in [5.41, 5.74) is 1.80. The number of nitrogens with one attached hydrogen (secondary N) is 1. The predicted octanol–water partition coefficient (Wildman–Crippen LogP) is 6.47. The molecule has 0 aliphatic carbocycles. The molecule has 24 heavy (non-hydrogen) atoms. The molecule has 0 aliphatic heterocycles. The molecule has 1 amide bonds. The third-order valence-electron chi connectivity index (χ3n) is 3.45. The Morgan fingerprint density at radius 3 is 2.50 bits per heavy atom. The van der Waals surface area contributed by atoms with Gasteiger partial charge in [-0.2, -0.15) is 0 Å². The van der Waals surface area contributed by atoms with Crippen molar-refractivity contribution in [3.05, 3.63) is 74.9 Å². The van der Waals surface area contributed by atoms with E-state index in [0.29, 0.717) is 37.8 Å². The van der Waals surface area contributed by atoms with Crippen LogP contribution in [-0.4, -0.2) is 5.91 Å². The average molecular weight is 381 g/mol. The van der Waals surface area contributed by atoms with E-state index in [1.165, 1.54) is 0 Å². The van der Waals surface area contributed by atoms with Crippen molar-refractivity contribution in [2.45, 2.75) is 6.92 Å². The van der Waals surface area contributed by atoms with Crippen LogP contribution in [0.25, 0.3) is 11.3 Å². The van der Waals surface area contributed by atoms with E-state index in [1.54, 1.807) is 55.5 Å². The molecule has 0 aliphatic rings. The lowest BCUT2D eigenvalue weighted by Crippen LogP contribution is -2.11. The van der Waals surface area contributed by atoms with Gasteiger partial charge in [0, 0.05) is 16.3 Å². The first-order chi connectivity index (χ1) is 11.4. The van der Waals surface area contributed by atoms with Crippen LogP contribution in [0.4, 0.5) is 5.69 Å². The highest BCUT2D eigenvalue weighted by Crippen LogP contribution is 2.31. The van der Waals surface area contributed by atoms with Gasteiger partial charge in [0.25, 0.3) is 5.91 Å². The maximum atomic E-state index is 12.5. The number of carbonyl (C=O) groups excluding carboxylic acids is 1. The Kier molecular flexibility index (Phi) is 4.86. The van der Waals surface area contributed by atoms with Gasteiger partial charge in [-0.1, -0.05) is 40.9 Å². The SMILES string of the molecule is Cc1oc(-c2ccc(Cl)c(Cl)c2)cc1C(=O)Nc1cccc(Cl)c1. The van der Waals surface area contributed by atoms with Crippen molar-refractivity contribution >= 4 is 46.4 Å². The van der Waals surface area contributed by atoms with Crippen molar-refractivity contribution < 1.29 is 9.21 Å². The van der Waals surface area contributed by atoms with E-state index in [4.69, 9.17) is 39.2 Å². The minimum Gasteiger partial charge on any atom is -0.461 e. The Morgan fingerprint density at radius 1 is 1.00 bits per heavy atom. The van der Waals surface area contributed by atoms with Crippen LogP contribution in [0.2, 0.25) is 15.1 Å². The number of rotatable bonds is 3. The summed E-state index contributed by atoms with van der Waals surface area (Å²) in [5.74, 6) is 0.780. The minimum absolute atomic E-state index is 0.273. The number of furan rings is 1. The van der Waals surface area contributed by atoms with Gasteiger partial charge in [0.15, 0.2) is 0 Å². The summed E-state index contributed by atoms with van der Waals surface area (Å²) < 4.78 is 5.69. The highest BCUT2D eigenvalue weighted by molar-refractivity contribution is 6.42. The third-order valence-corrected chi connectivity index (χ3v) is 4.42. The first-order valence-corrected chi connectivity index (χ1v) is 8.20. The molecule has 0 unspecified atom stereocenters. The summed E-state index contributed by atoms with van der Waals surface area (Å²) in [6.07, 6.45) is 0. The summed E-state index contributed by atoms with van der Waals surface area (Å²) >= 11 is 17.9. The van der Waals surface area contributed by atoms with Crippen molar-refractivity contribution in [2.75, 3.05) is 5.32 Å². The minimum atomic E-state index is -0.273. The van der Waals surface area contributed by atoms with E-state index in [1.807, 2.05) is 0 Å². The Balaban J connectivity index is 1.88. The van der Waals surface area contributed by atoms with Crippen LogP contribution in [0.1, 0.15) is 16.1 Å². The molecule has 0 fully saturated rings. The molecule has 0 atom stereocenters. The lowest BCUT2D eigenvalue weighted by atomic mass is 10.1. The third kappa shape index (κ3) is 3.59. The summed E-state index contributed by atoms with van der Waals surface area (Å²) in [6, 6.07) is 13.8. The molecule has 3 aromatic rings. The van der Waals surface area contributed by atoms with Crippen molar-refractivity contribution in [3.63, 3.8) is 0 Å². The number of amides is 1. The molecule has 2 aromatic carbocycles. The van der Waals surface area contributed by atoms with Crippen LogP contribution in [0.15, 0.2) is 52.9 Å². The van der Waals surface area contributed by atoms with Gasteiger partial charge in [-0.05, 0) is 49.4 Å². The number of hydrogen-bond acceptors (Lipinski definition) is 2. The molecule has 3 nitrogen and oxygen atoms in total. The van der Waals surface area contributed by atoms with Crippen molar-refractivity contribution in [1.82, 2.24) is 0 Å². The average Bonchev–Trinajstić information content (AvgIpc) is 2.92. The maximum Gasteiger partial charge on any atom is 0.259 e. The van der Waals surface area contributed by atoms with Gasteiger partial charge >= 0.3 is 0 Å². The number of hydrogen-bond donors (Lipinski definition) is 1. The zero-order chi connectivity index (χ0) is 17.3. The molecule has 3 rings (SSSR count). The van der Waals surface area contributed by atoms with Crippen molar-refractivity contribution in [3.8, 4) is 11.3 Å². The predicted molar refractivity (Wildman–Crippen MR) is 98.3 cm³/mol.